The zero-order chi connectivity index (χ0) is 14.9. The number of methoxy groups -OCH3 is 1. The van der Waals surface area contributed by atoms with E-state index in [1.165, 1.54) is 7.11 Å². The number of carbonyl (C=O) groups excluding carboxylic acids is 1. The van der Waals surface area contributed by atoms with Gasteiger partial charge in [0.2, 0.25) is 0 Å². The van der Waals surface area contributed by atoms with E-state index in [0.29, 0.717) is 18.8 Å². The summed E-state index contributed by atoms with van der Waals surface area (Å²) in [5.74, 6) is 0.562. The van der Waals surface area contributed by atoms with Crippen LogP contribution in [0, 0.1) is 0 Å². The zero-order valence-corrected chi connectivity index (χ0v) is 12.4. The number of fused-ring (bicyclic) bond motifs is 1. The van der Waals surface area contributed by atoms with Crippen molar-refractivity contribution in [3.8, 4) is 11.5 Å². The average molecular weight is 279 g/mol. The molecule has 20 heavy (non-hydrogen) atoms. The van der Waals surface area contributed by atoms with Crippen LogP contribution >= 0.6 is 0 Å². The fourth-order valence-corrected chi connectivity index (χ4v) is 2.22. The smallest absolute Gasteiger partial charge is 0.410 e. The van der Waals surface area contributed by atoms with E-state index in [1.54, 1.807) is 11.0 Å². The molecule has 1 amide bonds. The molecule has 0 aromatic heterocycles. The molecular weight excluding hydrogens is 258 g/mol. The lowest BCUT2D eigenvalue weighted by atomic mass is 9.99. The summed E-state index contributed by atoms with van der Waals surface area (Å²) >= 11 is 0. The van der Waals surface area contributed by atoms with E-state index in [9.17, 15) is 9.90 Å². The summed E-state index contributed by atoms with van der Waals surface area (Å²) in [7, 11) is 1.53. The SMILES string of the molecule is COc1cc2c(cc1O)CN(C(=O)OC(C)(C)C)CC2. The fraction of sp³-hybridized carbons (Fsp3) is 0.533. The number of rotatable bonds is 1. The van der Waals surface area contributed by atoms with Crippen molar-refractivity contribution in [2.75, 3.05) is 13.7 Å². The second-order valence-corrected chi connectivity index (χ2v) is 5.94. The highest BCUT2D eigenvalue weighted by molar-refractivity contribution is 5.69. The van der Waals surface area contributed by atoms with Crippen molar-refractivity contribution in [1.82, 2.24) is 4.90 Å². The van der Waals surface area contributed by atoms with Gasteiger partial charge in [-0.2, -0.15) is 0 Å². The maximum atomic E-state index is 12.0. The largest absolute Gasteiger partial charge is 0.504 e. The van der Waals surface area contributed by atoms with Gasteiger partial charge >= 0.3 is 6.09 Å². The van der Waals surface area contributed by atoms with E-state index in [-0.39, 0.29) is 11.8 Å². The highest BCUT2D eigenvalue weighted by Gasteiger charge is 2.26. The Balaban J connectivity index is 2.15. The summed E-state index contributed by atoms with van der Waals surface area (Å²) < 4.78 is 10.5. The van der Waals surface area contributed by atoms with Crippen molar-refractivity contribution in [1.29, 1.82) is 0 Å². The highest BCUT2D eigenvalue weighted by Crippen LogP contribution is 2.32. The molecule has 0 unspecified atom stereocenters. The van der Waals surface area contributed by atoms with Gasteiger partial charge in [0, 0.05) is 13.1 Å². The molecule has 1 aromatic carbocycles. The van der Waals surface area contributed by atoms with E-state index in [1.807, 2.05) is 26.8 Å². The summed E-state index contributed by atoms with van der Waals surface area (Å²) in [6, 6.07) is 3.49. The van der Waals surface area contributed by atoms with Crippen molar-refractivity contribution < 1.29 is 19.4 Å². The number of ether oxygens (including phenoxy) is 2. The Bertz CT molecular complexity index is 519. The van der Waals surface area contributed by atoms with E-state index >= 15 is 0 Å². The molecule has 0 radical (unpaired) electrons. The van der Waals surface area contributed by atoms with Gasteiger partial charge in [-0.15, -0.1) is 0 Å². The Kier molecular flexibility index (Phi) is 3.79. The van der Waals surface area contributed by atoms with Crippen LogP contribution in [0.5, 0.6) is 11.5 Å². The third kappa shape index (κ3) is 3.15. The molecule has 5 nitrogen and oxygen atoms in total. The van der Waals surface area contributed by atoms with Crippen LogP contribution in [-0.2, 0) is 17.7 Å². The predicted octanol–water partition coefficient (Wildman–Crippen LogP) is 2.69. The van der Waals surface area contributed by atoms with E-state index < -0.39 is 5.60 Å². The lowest BCUT2D eigenvalue weighted by molar-refractivity contribution is 0.0223. The number of hydrogen-bond donors (Lipinski definition) is 1. The molecule has 110 valence electrons. The first-order chi connectivity index (χ1) is 9.30. The van der Waals surface area contributed by atoms with Gasteiger partial charge in [-0.3, -0.25) is 0 Å². The van der Waals surface area contributed by atoms with Gasteiger partial charge in [-0.05, 0) is 50.5 Å². The lowest BCUT2D eigenvalue weighted by Crippen LogP contribution is -2.39. The topological polar surface area (TPSA) is 59.0 Å². The average Bonchev–Trinajstić information content (AvgIpc) is 2.35. The Hall–Kier alpha value is -1.91. The Morgan fingerprint density at radius 3 is 2.60 bits per heavy atom. The number of phenolic OH excluding ortho intramolecular Hbond substituents is 1. The molecule has 2 rings (SSSR count). The van der Waals surface area contributed by atoms with Crippen LogP contribution in [0.1, 0.15) is 31.9 Å². The van der Waals surface area contributed by atoms with Crippen molar-refractivity contribution in [2.24, 2.45) is 0 Å². The highest BCUT2D eigenvalue weighted by atomic mass is 16.6. The molecule has 0 saturated heterocycles. The third-order valence-corrected chi connectivity index (χ3v) is 3.17. The van der Waals surface area contributed by atoms with Gasteiger partial charge in [-0.25, -0.2) is 4.79 Å². The number of aromatic hydroxyl groups is 1. The van der Waals surface area contributed by atoms with Crippen LogP contribution in [0.15, 0.2) is 12.1 Å². The van der Waals surface area contributed by atoms with Gasteiger partial charge in [0.1, 0.15) is 5.60 Å². The first-order valence-corrected chi connectivity index (χ1v) is 6.67. The molecule has 1 aliphatic rings. The number of phenols is 1. The van der Waals surface area contributed by atoms with Gasteiger partial charge in [0.05, 0.1) is 7.11 Å². The van der Waals surface area contributed by atoms with Crippen LogP contribution in [0.25, 0.3) is 0 Å². The Morgan fingerprint density at radius 1 is 1.30 bits per heavy atom. The number of nitrogens with zero attached hydrogens (tertiary/aromatic N) is 1. The first kappa shape index (κ1) is 14.5. The van der Waals surface area contributed by atoms with E-state index in [4.69, 9.17) is 9.47 Å². The summed E-state index contributed by atoms with van der Waals surface area (Å²) in [5, 5.41) is 9.82. The number of carbonyl (C=O) groups is 1. The van der Waals surface area contributed by atoms with Gasteiger partial charge in [-0.1, -0.05) is 0 Å². The van der Waals surface area contributed by atoms with Crippen LogP contribution in [0.2, 0.25) is 0 Å². The maximum Gasteiger partial charge on any atom is 0.410 e. The second kappa shape index (κ2) is 5.23. The van der Waals surface area contributed by atoms with Crippen molar-refractivity contribution in [3.63, 3.8) is 0 Å². The lowest BCUT2D eigenvalue weighted by Gasteiger charge is -2.31. The summed E-state index contributed by atoms with van der Waals surface area (Å²) in [4.78, 5) is 13.7. The minimum absolute atomic E-state index is 0.0947. The summed E-state index contributed by atoms with van der Waals surface area (Å²) in [5.41, 5.74) is 1.53. The molecule has 1 aromatic rings. The minimum Gasteiger partial charge on any atom is -0.504 e. The van der Waals surface area contributed by atoms with Gasteiger partial charge in [0.25, 0.3) is 0 Å². The molecule has 1 aliphatic heterocycles. The second-order valence-electron chi connectivity index (χ2n) is 5.94. The number of hydrogen-bond acceptors (Lipinski definition) is 4. The molecular formula is C15H21NO4. The molecule has 0 fully saturated rings. The van der Waals surface area contributed by atoms with Gasteiger partial charge < -0.3 is 19.5 Å². The van der Waals surface area contributed by atoms with Crippen LogP contribution in [-0.4, -0.2) is 35.4 Å². The minimum atomic E-state index is -0.501. The molecule has 0 aliphatic carbocycles. The Labute approximate surface area is 119 Å². The molecule has 0 bridgehead atoms. The zero-order valence-electron chi connectivity index (χ0n) is 12.4. The predicted molar refractivity (Wildman–Crippen MR) is 75.0 cm³/mol. The van der Waals surface area contributed by atoms with Crippen molar-refractivity contribution in [3.05, 3.63) is 23.3 Å². The normalized spacial score (nSPS) is 14.7. The monoisotopic (exact) mass is 279 g/mol. The quantitative estimate of drug-likeness (QED) is 0.858. The molecule has 5 heteroatoms. The number of benzene rings is 1. The van der Waals surface area contributed by atoms with Crippen LogP contribution in [0.3, 0.4) is 0 Å². The molecule has 0 atom stereocenters. The van der Waals surface area contributed by atoms with Gasteiger partial charge in [0.15, 0.2) is 11.5 Å². The maximum absolute atomic E-state index is 12.0. The third-order valence-electron chi connectivity index (χ3n) is 3.17. The summed E-state index contributed by atoms with van der Waals surface area (Å²) in [6.07, 6.45) is 0.407. The number of amides is 1. The summed E-state index contributed by atoms with van der Waals surface area (Å²) in [6.45, 7) is 6.59. The molecule has 1 N–H and O–H groups in total. The van der Waals surface area contributed by atoms with Crippen LogP contribution < -0.4 is 4.74 Å². The fourth-order valence-electron chi connectivity index (χ4n) is 2.22. The molecule has 1 heterocycles. The standard InChI is InChI=1S/C15H21NO4/c1-15(2,3)20-14(18)16-6-5-10-8-13(19-4)12(17)7-11(10)9-16/h7-8,17H,5-6,9H2,1-4H3. The molecule has 0 saturated carbocycles. The van der Waals surface area contributed by atoms with E-state index in [0.717, 1.165) is 17.5 Å². The Morgan fingerprint density at radius 2 is 2.00 bits per heavy atom. The molecule has 0 spiro atoms. The van der Waals surface area contributed by atoms with E-state index in [2.05, 4.69) is 0 Å². The van der Waals surface area contributed by atoms with Crippen molar-refractivity contribution in [2.45, 2.75) is 39.3 Å². The van der Waals surface area contributed by atoms with Crippen LogP contribution in [0.4, 0.5) is 4.79 Å². The van der Waals surface area contributed by atoms with Crippen molar-refractivity contribution >= 4 is 6.09 Å². The first-order valence-electron chi connectivity index (χ1n) is 6.67.